The molecule has 0 aromatic heterocycles. The van der Waals surface area contributed by atoms with E-state index in [9.17, 15) is 17.6 Å². The number of nitrogens with two attached hydrogens (primary N) is 1. The molecule has 1 amide bonds. The van der Waals surface area contributed by atoms with Gasteiger partial charge in [0.15, 0.2) is 5.82 Å². The van der Waals surface area contributed by atoms with Gasteiger partial charge in [-0.25, -0.2) is 17.9 Å². The van der Waals surface area contributed by atoms with Crippen LogP contribution in [-0.2, 0) is 10.0 Å². The van der Waals surface area contributed by atoms with Crippen LogP contribution in [-0.4, -0.2) is 20.9 Å². The van der Waals surface area contributed by atoms with E-state index >= 15 is 0 Å². The van der Waals surface area contributed by atoms with E-state index in [0.717, 1.165) is 25.3 Å². The van der Waals surface area contributed by atoms with E-state index in [1.54, 1.807) is 0 Å². The van der Waals surface area contributed by atoms with E-state index in [1.807, 2.05) is 0 Å². The van der Waals surface area contributed by atoms with Crippen LogP contribution >= 0.6 is 15.9 Å². The van der Waals surface area contributed by atoms with Crippen LogP contribution in [0.4, 0.5) is 4.39 Å². The number of carbonyl (C=O) groups excluding carboxylic acids is 1. The number of hydrogen-bond donors (Lipinski definition) is 2. The first-order valence-corrected chi connectivity index (χ1v) is 8.93. The van der Waals surface area contributed by atoms with Crippen LogP contribution in [0.25, 0.3) is 0 Å². The molecule has 1 aromatic carbocycles. The fraction of sp³-hybridized carbons (Fsp3) is 0.462. The lowest BCUT2D eigenvalue weighted by molar-refractivity contribution is 0.0944. The number of sulfonamides is 1. The largest absolute Gasteiger partial charge is 0.352 e. The van der Waals surface area contributed by atoms with Crippen molar-refractivity contribution in [3.8, 4) is 0 Å². The second kappa shape index (κ2) is 6.41. The average molecular weight is 379 g/mol. The molecule has 0 radical (unpaired) electrons. The Labute approximate surface area is 131 Å². The lowest BCUT2D eigenvalue weighted by atomic mass is 9.83. The van der Waals surface area contributed by atoms with Gasteiger partial charge in [-0.3, -0.25) is 4.79 Å². The Morgan fingerprint density at radius 3 is 2.62 bits per heavy atom. The van der Waals surface area contributed by atoms with Crippen molar-refractivity contribution in [2.24, 2.45) is 11.1 Å². The maximum absolute atomic E-state index is 14.1. The maximum Gasteiger partial charge on any atom is 0.254 e. The summed E-state index contributed by atoms with van der Waals surface area (Å²) in [6.45, 7) is 0.445. The van der Waals surface area contributed by atoms with Gasteiger partial charge >= 0.3 is 0 Å². The van der Waals surface area contributed by atoms with Crippen LogP contribution in [0.3, 0.4) is 0 Å². The quantitative estimate of drug-likeness (QED) is 0.822. The van der Waals surface area contributed by atoms with E-state index in [1.165, 1.54) is 12.5 Å². The number of carbonyl (C=O) groups is 1. The second-order valence-electron chi connectivity index (χ2n) is 5.15. The first-order chi connectivity index (χ1) is 9.79. The van der Waals surface area contributed by atoms with Crippen molar-refractivity contribution in [1.29, 1.82) is 0 Å². The molecule has 1 aliphatic carbocycles. The summed E-state index contributed by atoms with van der Waals surface area (Å²) in [6.07, 6.45) is 4.40. The fourth-order valence-corrected chi connectivity index (χ4v) is 3.46. The summed E-state index contributed by atoms with van der Waals surface area (Å²) in [5.41, 5.74) is -0.331. The van der Waals surface area contributed by atoms with Crippen LogP contribution in [0.2, 0.25) is 0 Å². The van der Waals surface area contributed by atoms with E-state index in [-0.39, 0.29) is 10.0 Å². The molecule has 5 nitrogen and oxygen atoms in total. The number of rotatable bonds is 5. The van der Waals surface area contributed by atoms with Gasteiger partial charge in [0.05, 0.1) is 5.56 Å². The fourth-order valence-electron chi connectivity index (χ4n) is 2.20. The van der Waals surface area contributed by atoms with E-state index in [4.69, 9.17) is 5.14 Å². The molecule has 116 valence electrons. The van der Waals surface area contributed by atoms with Gasteiger partial charge in [-0.15, -0.1) is 0 Å². The van der Waals surface area contributed by atoms with Gasteiger partial charge in [-0.1, -0.05) is 35.2 Å². The number of amides is 1. The number of nitrogens with one attached hydrogen (secondary N) is 1. The summed E-state index contributed by atoms with van der Waals surface area (Å²) in [5, 5.41) is 7.55. The van der Waals surface area contributed by atoms with Crippen LogP contribution in [0.15, 0.2) is 21.5 Å². The van der Waals surface area contributed by atoms with Crippen LogP contribution in [0, 0.1) is 11.7 Å². The number of halogens is 2. The smallest absolute Gasteiger partial charge is 0.254 e. The van der Waals surface area contributed by atoms with Crippen molar-refractivity contribution in [1.82, 2.24) is 5.32 Å². The van der Waals surface area contributed by atoms with Gasteiger partial charge in [0, 0.05) is 11.0 Å². The molecular weight excluding hydrogens is 363 g/mol. The standard InChI is InChI=1S/C13H16BrFN2O3S/c14-9-6-10(12(15)11(7-9)21(16,19)20)13(18)17-5-4-8-2-1-3-8/h6-8H,1-5H2,(H,17,18)(H2,16,19,20). The van der Waals surface area contributed by atoms with Gasteiger partial charge < -0.3 is 5.32 Å². The van der Waals surface area contributed by atoms with Crippen LogP contribution in [0.1, 0.15) is 36.0 Å². The first-order valence-electron chi connectivity index (χ1n) is 6.59. The van der Waals surface area contributed by atoms with E-state index in [2.05, 4.69) is 21.2 Å². The zero-order valence-corrected chi connectivity index (χ0v) is 13.6. The molecule has 1 aromatic rings. The molecule has 1 aliphatic rings. The van der Waals surface area contributed by atoms with Crippen molar-refractivity contribution >= 4 is 31.9 Å². The number of primary sulfonamides is 1. The van der Waals surface area contributed by atoms with Crippen molar-refractivity contribution < 1.29 is 17.6 Å². The first kappa shape index (κ1) is 16.4. The molecule has 1 saturated carbocycles. The van der Waals surface area contributed by atoms with Crippen molar-refractivity contribution in [2.45, 2.75) is 30.6 Å². The van der Waals surface area contributed by atoms with Gasteiger partial charge in [0.25, 0.3) is 5.91 Å². The summed E-state index contributed by atoms with van der Waals surface area (Å²) in [7, 11) is -4.23. The van der Waals surface area contributed by atoms with Gasteiger partial charge in [0.1, 0.15) is 4.90 Å². The summed E-state index contributed by atoms with van der Waals surface area (Å²) in [4.78, 5) is 11.3. The molecule has 0 unspecified atom stereocenters. The molecule has 0 aliphatic heterocycles. The summed E-state index contributed by atoms with van der Waals surface area (Å²) in [5.74, 6) is -1.14. The van der Waals surface area contributed by atoms with Crippen LogP contribution < -0.4 is 10.5 Å². The molecule has 3 N–H and O–H groups in total. The minimum Gasteiger partial charge on any atom is -0.352 e. The predicted molar refractivity (Wildman–Crippen MR) is 79.8 cm³/mol. The van der Waals surface area contributed by atoms with Crippen LogP contribution in [0.5, 0.6) is 0 Å². The zero-order chi connectivity index (χ0) is 15.6. The molecule has 0 spiro atoms. The average Bonchev–Trinajstić information content (AvgIpc) is 2.33. The molecule has 0 heterocycles. The predicted octanol–water partition coefficient (Wildman–Crippen LogP) is 2.16. The lowest BCUT2D eigenvalue weighted by Crippen LogP contribution is -2.28. The highest BCUT2D eigenvalue weighted by Crippen LogP contribution is 2.29. The Bertz CT molecular complexity index is 660. The molecule has 1 fully saturated rings. The highest BCUT2D eigenvalue weighted by Gasteiger charge is 2.23. The topological polar surface area (TPSA) is 89.3 Å². The minimum absolute atomic E-state index is 0.275. The van der Waals surface area contributed by atoms with E-state index < -0.39 is 26.6 Å². The Hall–Kier alpha value is -0.990. The second-order valence-corrected chi connectivity index (χ2v) is 7.60. The van der Waals surface area contributed by atoms with E-state index in [0.29, 0.717) is 12.5 Å². The van der Waals surface area contributed by atoms with Crippen molar-refractivity contribution in [3.05, 3.63) is 28.0 Å². The normalized spacial score (nSPS) is 15.6. The molecular formula is C13H16BrFN2O3S. The summed E-state index contributed by atoms with van der Waals surface area (Å²) < 4.78 is 37.0. The highest BCUT2D eigenvalue weighted by atomic mass is 79.9. The zero-order valence-electron chi connectivity index (χ0n) is 11.2. The number of hydrogen-bond acceptors (Lipinski definition) is 3. The molecule has 0 saturated heterocycles. The Balaban J connectivity index is 2.14. The number of benzene rings is 1. The van der Waals surface area contributed by atoms with Gasteiger partial charge in [0.2, 0.25) is 10.0 Å². The van der Waals surface area contributed by atoms with Crippen molar-refractivity contribution in [3.63, 3.8) is 0 Å². The third-order valence-electron chi connectivity index (χ3n) is 3.62. The lowest BCUT2D eigenvalue weighted by Gasteiger charge is -2.25. The molecule has 0 atom stereocenters. The SMILES string of the molecule is NS(=O)(=O)c1cc(Br)cc(C(=O)NCCC2CCC2)c1F. The van der Waals surface area contributed by atoms with Gasteiger partial charge in [-0.05, 0) is 24.5 Å². The molecule has 8 heteroatoms. The summed E-state index contributed by atoms with van der Waals surface area (Å²) in [6, 6.07) is 2.28. The third-order valence-corrected chi connectivity index (χ3v) is 4.99. The molecule has 2 rings (SSSR count). The molecule has 0 bridgehead atoms. The Morgan fingerprint density at radius 2 is 2.10 bits per heavy atom. The Morgan fingerprint density at radius 1 is 1.43 bits per heavy atom. The van der Waals surface area contributed by atoms with Crippen molar-refractivity contribution in [2.75, 3.05) is 6.54 Å². The molecule has 21 heavy (non-hydrogen) atoms. The monoisotopic (exact) mass is 378 g/mol. The third kappa shape index (κ3) is 4.02. The Kier molecular flexibility index (Phi) is 5.00. The maximum atomic E-state index is 14.1. The highest BCUT2D eigenvalue weighted by molar-refractivity contribution is 9.10. The minimum atomic E-state index is -4.23. The summed E-state index contributed by atoms with van der Waals surface area (Å²) >= 11 is 3.05. The van der Waals surface area contributed by atoms with Gasteiger partial charge in [-0.2, -0.15) is 0 Å².